The summed E-state index contributed by atoms with van der Waals surface area (Å²) >= 11 is 6.66. The summed E-state index contributed by atoms with van der Waals surface area (Å²) in [7, 11) is -3.78. The fraction of sp³-hybridized carbons (Fsp3) is 0.500. The largest absolute Gasteiger partial charge is 0.480 e. The van der Waals surface area contributed by atoms with Crippen molar-refractivity contribution in [2.45, 2.75) is 29.5 Å². The van der Waals surface area contributed by atoms with Crippen molar-refractivity contribution in [2.75, 3.05) is 6.54 Å². The number of carboxylic acids is 1. The summed E-state index contributed by atoms with van der Waals surface area (Å²) in [4.78, 5) is 11.3. The van der Waals surface area contributed by atoms with Gasteiger partial charge in [-0.05, 0) is 31.9 Å². The van der Waals surface area contributed by atoms with Gasteiger partial charge < -0.3 is 5.11 Å². The van der Waals surface area contributed by atoms with E-state index in [9.17, 15) is 18.3 Å². The molecule has 2 rings (SSSR count). The van der Waals surface area contributed by atoms with E-state index in [4.69, 9.17) is 11.6 Å². The molecule has 8 heteroatoms. The molecule has 0 unspecified atom stereocenters. The van der Waals surface area contributed by atoms with Gasteiger partial charge in [-0.3, -0.25) is 4.79 Å². The normalized spacial score (nSPS) is 25.4. The summed E-state index contributed by atoms with van der Waals surface area (Å²) in [6, 6.07) is 2.90. The van der Waals surface area contributed by atoms with Crippen LogP contribution in [0.1, 0.15) is 19.8 Å². The van der Waals surface area contributed by atoms with Crippen molar-refractivity contribution >= 4 is 38.9 Å². The van der Waals surface area contributed by atoms with Crippen LogP contribution in [0.25, 0.3) is 0 Å². The van der Waals surface area contributed by atoms with Crippen LogP contribution in [0.4, 0.5) is 0 Å². The minimum atomic E-state index is -3.78. The third-order valence-corrected chi connectivity index (χ3v) is 6.85. The van der Waals surface area contributed by atoms with Gasteiger partial charge in [0.05, 0.1) is 4.34 Å². The Morgan fingerprint density at radius 2 is 2.22 bits per heavy atom. The van der Waals surface area contributed by atoms with Crippen molar-refractivity contribution in [1.29, 1.82) is 0 Å². The van der Waals surface area contributed by atoms with E-state index in [1.165, 1.54) is 19.1 Å². The highest BCUT2D eigenvalue weighted by molar-refractivity contribution is 7.91. The predicted molar refractivity (Wildman–Crippen MR) is 68.5 cm³/mol. The maximum atomic E-state index is 12.4. The molecule has 100 valence electrons. The smallest absolute Gasteiger partial charge is 0.324 e. The number of sulfonamides is 1. The molecule has 1 fully saturated rings. The Balaban J connectivity index is 2.45. The van der Waals surface area contributed by atoms with Gasteiger partial charge in [-0.15, -0.1) is 11.3 Å². The first-order chi connectivity index (χ1) is 8.28. The van der Waals surface area contributed by atoms with E-state index in [0.29, 0.717) is 17.2 Å². The second kappa shape index (κ2) is 4.48. The van der Waals surface area contributed by atoms with Crippen LogP contribution in [-0.2, 0) is 14.8 Å². The Hall–Kier alpha value is -0.630. The zero-order chi connectivity index (χ0) is 13.6. The first kappa shape index (κ1) is 13.8. The van der Waals surface area contributed by atoms with Crippen LogP contribution in [0.15, 0.2) is 16.3 Å². The van der Waals surface area contributed by atoms with Gasteiger partial charge in [-0.25, -0.2) is 8.42 Å². The molecular weight excluding hydrogens is 298 g/mol. The maximum absolute atomic E-state index is 12.4. The van der Waals surface area contributed by atoms with Crippen molar-refractivity contribution in [3.8, 4) is 0 Å². The Labute approximate surface area is 114 Å². The number of thiophene rings is 1. The molecule has 1 atom stereocenters. The summed E-state index contributed by atoms with van der Waals surface area (Å²) in [5.41, 5.74) is -1.37. The molecule has 0 saturated carbocycles. The lowest BCUT2D eigenvalue weighted by atomic mass is 10.0. The second-order valence-corrected chi connectivity index (χ2v) is 8.12. The predicted octanol–water partition coefficient (Wildman–Crippen LogP) is 2.03. The molecule has 1 aliphatic heterocycles. The molecule has 0 spiro atoms. The molecule has 1 N–H and O–H groups in total. The molecule has 2 heterocycles. The van der Waals surface area contributed by atoms with Gasteiger partial charge in [0.25, 0.3) is 10.0 Å². The number of rotatable bonds is 3. The molecule has 5 nitrogen and oxygen atoms in total. The summed E-state index contributed by atoms with van der Waals surface area (Å²) in [5, 5.41) is 9.23. The van der Waals surface area contributed by atoms with Crippen LogP contribution in [0.2, 0.25) is 4.34 Å². The van der Waals surface area contributed by atoms with Gasteiger partial charge in [0.2, 0.25) is 0 Å². The minimum Gasteiger partial charge on any atom is -0.480 e. The number of halogens is 1. The van der Waals surface area contributed by atoms with Crippen molar-refractivity contribution in [3.63, 3.8) is 0 Å². The summed E-state index contributed by atoms with van der Waals surface area (Å²) in [5.74, 6) is -1.12. The summed E-state index contributed by atoms with van der Waals surface area (Å²) < 4.78 is 26.3. The lowest BCUT2D eigenvalue weighted by molar-refractivity contribution is -0.146. The van der Waals surface area contributed by atoms with E-state index < -0.39 is 21.5 Å². The SMILES string of the molecule is C[C@@]1(C(=O)O)CCCN1S(=O)(=O)c1ccc(Cl)s1. The lowest BCUT2D eigenvalue weighted by Gasteiger charge is -2.29. The van der Waals surface area contributed by atoms with Crippen molar-refractivity contribution in [1.82, 2.24) is 4.31 Å². The molecule has 18 heavy (non-hydrogen) atoms. The van der Waals surface area contributed by atoms with Gasteiger partial charge in [0, 0.05) is 6.54 Å². The zero-order valence-electron chi connectivity index (χ0n) is 9.59. The Morgan fingerprint density at radius 1 is 1.56 bits per heavy atom. The summed E-state index contributed by atoms with van der Waals surface area (Å²) in [6.07, 6.45) is 0.863. The van der Waals surface area contributed by atoms with E-state index in [0.717, 1.165) is 15.6 Å². The Kier molecular flexibility index (Phi) is 3.44. The number of nitrogens with zero attached hydrogens (tertiary/aromatic N) is 1. The Bertz CT molecular complexity index is 582. The quantitative estimate of drug-likeness (QED) is 0.927. The molecule has 1 saturated heterocycles. The molecule has 1 aromatic rings. The minimum absolute atomic E-state index is 0.0851. The van der Waals surface area contributed by atoms with E-state index in [-0.39, 0.29) is 10.8 Å². The Morgan fingerprint density at radius 3 is 2.72 bits per heavy atom. The van der Waals surface area contributed by atoms with Gasteiger partial charge in [0.1, 0.15) is 9.75 Å². The van der Waals surface area contributed by atoms with Gasteiger partial charge in [0.15, 0.2) is 0 Å². The van der Waals surface area contributed by atoms with Crippen LogP contribution in [0.3, 0.4) is 0 Å². The van der Waals surface area contributed by atoms with Gasteiger partial charge >= 0.3 is 5.97 Å². The summed E-state index contributed by atoms with van der Waals surface area (Å²) in [6.45, 7) is 1.66. The average Bonchev–Trinajstić information content (AvgIpc) is 2.85. The fourth-order valence-electron chi connectivity index (χ4n) is 2.08. The number of hydrogen-bond acceptors (Lipinski definition) is 4. The molecule has 0 aromatic carbocycles. The van der Waals surface area contributed by atoms with Crippen molar-refractivity contribution in [3.05, 3.63) is 16.5 Å². The van der Waals surface area contributed by atoms with Gasteiger partial charge in [-0.2, -0.15) is 4.31 Å². The van der Waals surface area contributed by atoms with Crippen molar-refractivity contribution in [2.24, 2.45) is 0 Å². The third-order valence-electron chi connectivity index (χ3n) is 3.13. The molecule has 0 bridgehead atoms. The van der Waals surface area contributed by atoms with E-state index >= 15 is 0 Å². The van der Waals surface area contributed by atoms with E-state index in [1.54, 1.807) is 0 Å². The average molecular weight is 310 g/mol. The van der Waals surface area contributed by atoms with Crippen molar-refractivity contribution < 1.29 is 18.3 Å². The first-order valence-electron chi connectivity index (χ1n) is 5.30. The zero-order valence-corrected chi connectivity index (χ0v) is 12.0. The highest BCUT2D eigenvalue weighted by atomic mass is 35.5. The van der Waals surface area contributed by atoms with E-state index in [2.05, 4.69) is 0 Å². The van der Waals surface area contributed by atoms with Crippen LogP contribution in [0, 0.1) is 0 Å². The molecule has 1 aliphatic rings. The highest BCUT2D eigenvalue weighted by Gasteiger charge is 2.50. The number of carboxylic acid groups (broad SMARTS) is 1. The van der Waals surface area contributed by atoms with E-state index in [1.807, 2.05) is 0 Å². The molecular formula is C10H12ClNO4S2. The van der Waals surface area contributed by atoms with Crippen LogP contribution >= 0.6 is 22.9 Å². The monoisotopic (exact) mass is 309 g/mol. The maximum Gasteiger partial charge on any atom is 0.324 e. The van der Waals surface area contributed by atoms with Gasteiger partial charge in [-0.1, -0.05) is 11.6 Å². The molecule has 0 aliphatic carbocycles. The third kappa shape index (κ3) is 2.05. The lowest BCUT2D eigenvalue weighted by Crippen LogP contribution is -2.50. The first-order valence-corrected chi connectivity index (χ1v) is 7.93. The number of aliphatic carboxylic acids is 1. The molecule has 1 aromatic heterocycles. The molecule has 0 amide bonds. The second-order valence-electron chi connectivity index (χ2n) is 4.32. The fourth-order valence-corrected chi connectivity index (χ4v) is 5.48. The number of carbonyl (C=O) groups is 1. The number of hydrogen-bond donors (Lipinski definition) is 1. The van der Waals surface area contributed by atoms with Crippen LogP contribution < -0.4 is 0 Å². The topological polar surface area (TPSA) is 74.7 Å². The molecule has 0 radical (unpaired) electrons. The highest BCUT2D eigenvalue weighted by Crippen LogP contribution is 2.37. The van der Waals surface area contributed by atoms with Crippen LogP contribution in [0.5, 0.6) is 0 Å². The van der Waals surface area contributed by atoms with Crippen LogP contribution in [-0.4, -0.2) is 35.9 Å². The standard InChI is InChI=1S/C10H12ClNO4S2/c1-10(9(13)14)5-2-6-12(10)18(15,16)8-4-3-7(11)17-8/h3-4H,2,5-6H2,1H3,(H,13,14)/t10-/m0/s1.